The number of anilines is 1. The van der Waals surface area contributed by atoms with Crippen LogP contribution in [0.25, 0.3) is 0 Å². The highest BCUT2D eigenvalue weighted by Gasteiger charge is 2.39. The Morgan fingerprint density at radius 1 is 1.13 bits per heavy atom. The van der Waals surface area contributed by atoms with Gasteiger partial charge < -0.3 is 14.8 Å². The maximum absolute atomic E-state index is 14.8. The van der Waals surface area contributed by atoms with Crippen LogP contribution in [0, 0.1) is 5.82 Å². The van der Waals surface area contributed by atoms with E-state index in [0.29, 0.717) is 5.75 Å². The fourth-order valence-corrected chi connectivity index (χ4v) is 3.29. The van der Waals surface area contributed by atoms with Crippen molar-refractivity contribution in [2.24, 2.45) is 0 Å². The maximum Gasteiger partial charge on any atom is 0.355 e. The van der Waals surface area contributed by atoms with Gasteiger partial charge in [0.05, 0.1) is 19.8 Å². The Labute approximate surface area is 170 Å². The lowest BCUT2D eigenvalue weighted by Gasteiger charge is -2.28. The average Bonchev–Trinajstić information content (AvgIpc) is 3.26. The number of nitrogens with zero attached hydrogens (tertiary/aromatic N) is 4. The van der Waals surface area contributed by atoms with Gasteiger partial charge in [-0.15, -0.1) is 0 Å². The molecule has 0 aliphatic carbocycles. The van der Waals surface area contributed by atoms with E-state index in [4.69, 9.17) is 9.47 Å². The Morgan fingerprint density at radius 3 is 2.67 bits per heavy atom. The van der Waals surface area contributed by atoms with E-state index < -0.39 is 23.6 Å². The summed E-state index contributed by atoms with van der Waals surface area (Å²) < 4.78 is 26.1. The number of halogens is 1. The summed E-state index contributed by atoms with van der Waals surface area (Å²) in [5.74, 6) is -1.39. The van der Waals surface area contributed by atoms with Crippen molar-refractivity contribution in [1.29, 1.82) is 0 Å². The van der Waals surface area contributed by atoms with Crippen molar-refractivity contribution in [3.63, 3.8) is 0 Å². The zero-order chi connectivity index (χ0) is 21.3. The van der Waals surface area contributed by atoms with E-state index in [1.807, 2.05) is 0 Å². The molecule has 2 heterocycles. The number of methoxy groups -OCH3 is 2. The van der Waals surface area contributed by atoms with Crippen LogP contribution < -0.4 is 10.1 Å². The highest BCUT2D eigenvalue weighted by molar-refractivity contribution is 6.15. The molecule has 1 aliphatic heterocycles. The Morgan fingerprint density at radius 2 is 1.93 bits per heavy atom. The molecule has 0 fully saturated rings. The van der Waals surface area contributed by atoms with Crippen molar-refractivity contribution < 1.29 is 23.5 Å². The lowest BCUT2D eigenvalue weighted by Crippen LogP contribution is -2.33. The Hall–Kier alpha value is -4.08. The molecule has 30 heavy (non-hydrogen) atoms. The number of aromatic nitrogens is 4. The van der Waals surface area contributed by atoms with Crippen LogP contribution in [0.5, 0.6) is 5.75 Å². The van der Waals surface area contributed by atoms with Gasteiger partial charge in [0.15, 0.2) is 5.78 Å². The van der Waals surface area contributed by atoms with Crippen LogP contribution >= 0.6 is 0 Å². The fraction of sp³-hybridized carbons (Fsp3) is 0.150. The first-order valence-corrected chi connectivity index (χ1v) is 8.85. The summed E-state index contributed by atoms with van der Waals surface area (Å²) in [6.07, 6.45) is 0. The largest absolute Gasteiger partial charge is 0.497 e. The molecule has 0 unspecified atom stereocenters. The number of fused-ring (bicyclic) bond motifs is 1. The van der Waals surface area contributed by atoms with Crippen molar-refractivity contribution >= 4 is 17.7 Å². The Balaban J connectivity index is 1.97. The number of carbonyl (C=O) groups is 2. The second-order valence-corrected chi connectivity index (χ2v) is 6.34. The number of esters is 1. The summed E-state index contributed by atoms with van der Waals surface area (Å²) in [5, 5.41) is 14.0. The fourth-order valence-electron chi connectivity index (χ4n) is 3.29. The van der Waals surface area contributed by atoms with Crippen LogP contribution in [-0.2, 0) is 9.53 Å². The molecule has 1 aromatic heterocycles. The van der Waals surface area contributed by atoms with E-state index in [1.54, 1.807) is 24.3 Å². The van der Waals surface area contributed by atoms with Gasteiger partial charge in [0, 0.05) is 11.1 Å². The summed E-state index contributed by atoms with van der Waals surface area (Å²) in [7, 11) is 2.65. The lowest BCUT2D eigenvalue weighted by molar-refractivity contribution is -0.136. The molecule has 152 valence electrons. The number of ketones is 1. The molecule has 9 nitrogen and oxygen atoms in total. The van der Waals surface area contributed by atoms with Gasteiger partial charge in [0.1, 0.15) is 23.3 Å². The molecular formula is C20H16FN5O4. The maximum atomic E-state index is 14.8. The number of benzene rings is 2. The topological polar surface area (TPSA) is 108 Å². The van der Waals surface area contributed by atoms with E-state index in [1.165, 1.54) is 43.2 Å². The Kier molecular flexibility index (Phi) is 4.97. The molecule has 2 aromatic carbocycles. The molecule has 1 aliphatic rings. The van der Waals surface area contributed by atoms with Gasteiger partial charge in [-0.2, -0.15) is 4.68 Å². The number of carbonyl (C=O) groups excluding carboxylic acids is 2. The number of tetrazole rings is 1. The van der Waals surface area contributed by atoms with E-state index in [2.05, 4.69) is 20.8 Å². The molecule has 4 rings (SSSR count). The first-order chi connectivity index (χ1) is 14.5. The summed E-state index contributed by atoms with van der Waals surface area (Å²) in [4.78, 5) is 26.1. The van der Waals surface area contributed by atoms with Crippen molar-refractivity contribution in [2.45, 2.75) is 6.04 Å². The van der Waals surface area contributed by atoms with Crippen LogP contribution in [-0.4, -0.2) is 46.2 Å². The first-order valence-electron chi connectivity index (χ1n) is 8.85. The van der Waals surface area contributed by atoms with Crippen LogP contribution in [0.15, 0.2) is 59.8 Å². The number of nitrogens with one attached hydrogen (secondary N) is 1. The molecule has 0 radical (unpaired) electrons. The van der Waals surface area contributed by atoms with Gasteiger partial charge in [0.2, 0.25) is 5.95 Å². The molecule has 0 bridgehead atoms. The molecule has 0 saturated heterocycles. The molecule has 10 heteroatoms. The number of hydrogen-bond donors (Lipinski definition) is 1. The van der Waals surface area contributed by atoms with Crippen molar-refractivity contribution in [2.75, 3.05) is 19.5 Å². The first kappa shape index (κ1) is 19.2. The van der Waals surface area contributed by atoms with E-state index >= 15 is 0 Å². The number of Topliss-reactive ketones (excluding diaryl/α,β-unsaturated/α-hetero) is 1. The zero-order valence-corrected chi connectivity index (χ0v) is 16.0. The highest BCUT2D eigenvalue weighted by atomic mass is 19.1. The highest BCUT2D eigenvalue weighted by Crippen LogP contribution is 2.37. The molecule has 1 atom stereocenters. The van der Waals surface area contributed by atoms with Gasteiger partial charge in [-0.3, -0.25) is 4.79 Å². The van der Waals surface area contributed by atoms with Crippen LogP contribution in [0.1, 0.15) is 22.0 Å². The van der Waals surface area contributed by atoms with Crippen molar-refractivity contribution in [3.8, 4) is 5.75 Å². The van der Waals surface area contributed by atoms with Gasteiger partial charge in [-0.1, -0.05) is 35.4 Å². The number of ether oxygens (including phenoxy) is 2. The minimum absolute atomic E-state index is 0.0556. The predicted octanol–water partition coefficient (Wildman–Crippen LogP) is 2.15. The van der Waals surface area contributed by atoms with Gasteiger partial charge in [-0.05, 0) is 28.6 Å². The smallest absolute Gasteiger partial charge is 0.355 e. The zero-order valence-electron chi connectivity index (χ0n) is 16.0. The van der Waals surface area contributed by atoms with Crippen LogP contribution in [0.4, 0.5) is 10.3 Å². The van der Waals surface area contributed by atoms with Crippen molar-refractivity contribution in [1.82, 2.24) is 20.2 Å². The Bertz CT molecular complexity index is 1170. The minimum Gasteiger partial charge on any atom is -0.497 e. The second kappa shape index (κ2) is 7.74. The second-order valence-electron chi connectivity index (χ2n) is 6.34. The summed E-state index contributed by atoms with van der Waals surface area (Å²) in [5.41, 5.74) is 0.145. The standard InChI is InChI=1S/C20H16FN5O4/c1-29-12-7-5-6-11(10-12)18(27)15-16(19(28)30-2)22-20-23-24-25-26(20)17(15)13-8-3-4-9-14(13)21/h3-10,17H,1-2H3,(H,22,23,25)/t17-/m1/s1. The SMILES string of the molecule is COC(=O)C1=C(C(=O)c2cccc(OC)c2)[C@@H](c2ccccc2F)n2nnnc2N1. The van der Waals surface area contributed by atoms with E-state index in [-0.39, 0.29) is 28.3 Å². The molecule has 0 saturated carbocycles. The number of rotatable bonds is 5. The van der Waals surface area contributed by atoms with Gasteiger partial charge in [-0.25, -0.2) is 9.18 Å². The van der Waals surface area contributed by atoms with Gasteiger partial charge >= 0.3 is 5.97 Å². The quantitative estimate of drug-likeness (QED) is 0.504. The number of allylic oxidation sites excluding steroid dienone is 1. The van der Waals surface area contributed by atoms with Crippen molar-refractivity contribution in [3.05, 3.63) is 76.7 Å². The van der Waals surface area contributed by atoms with Crippen LogP contribution in [0.2, 0.25) is 0 Å². The third-order valence-corrected chi connectivity index (χ3v) is 4.68. The molecule has 3 aromatic rings. The molecule has 0 spiro atoms. The third-order valence-electron chi connectivity index (χ3n) is 4.68. The van der Waals surface area contributed by atoms with Crippen LogP contribution in [0.3, 0.4) is 0 Å². The van der Waals surface area contributed by atoms with Gasteiger partial charge in [0.25, 0.3) is 0 Å². The monoisotopic (exact) mass is 409 g/mol. The van der Waals surface area contributed by atoms with E-state index in [9.17, 15) is 14.0 Å². The summed E-state index contributed by atoms with van der Waals surface area (Å²) in [6.45, 7) is 0. The predicted molar refractivity (Wildman–Crippen MR) is 102 cm³/mol. The molecular weight excluding hydrogens is 393 g/mol. The molecule has 1 N–H and O–H groups in total. The minimum atomic E-state index is -1.09. The third kappa shape index (κ3) is 3.17. The summed E-state index contributed by atoms with van der Waals surface area (Å²) in [6, 6.07) is 11.2. The van der Waals surface area contributed by atoms with E-state index in [0.717, 1.165) is 0 Å². The number of hydrogen-bond acceptors (Lipinski definition) is 8. The lowest BCUT2D eigenvalue weighted by atomic mass is 9.89. The normalized spacial score (nSPS) is 15.2. The molecule has 0 amide bonds. The summed E-state index contributed by atoms with van der Waals surface area (Å²) >= 11 is 0. The average molecular weight is 409 g/mol.